The topological polar surface area (TPSA) is 73.5 Å². The molecule has 0 saturated heterocycles. The van der Waals surface area contributed by atoms with Crippen LogP contribution in [0.2, 0.25) is 0 Å². The van der Waals surface area contributed by atoms with Gasteiger partial charge < -0.3 is 16.0 Å². The molecule has 2 aromatic carbocycles. The standard InChI is InChI=1S/C23H32N4O2/c1-6-27(7-2)15-21(28)26-22-16(3)13-14-20(17(22)4)25-23(29)24-18(5)19-11-9-8-10-12-19/h8-14,18H,6-7,15H2,1-5H3,(H,26,28)(H2,24,25,29)/t18-/m0/s1. The van der Waals surface area contributed by atoms with Crippen molar-refractivity contribution >= 4 is 23.3 Å². The third-order valence-corrected chi connectivity index (χ3v) is 5.09. The molecule has 0 bridgehead atoms. The van der Waals surface area contributed by atoms with Crippen molar-refractivity contribution in [2.75, 3.05) is 30.3 Å². The number of nitrogens with one attached hydrogen (secondary N) is 3. The lowest BCUT2D eigenvalue weighted by atomic mass is 10.1. The van der Waals surface area contributed by atoms with E-state index in [1.54, 1.807) is 0 Å². The van der Waals surface area contributed by atoms with Crippen LogP contribution in [0.4, 0.5) is 16.2 Å². The van der Waals surface area contributed by atoms with Gasteiger partial charge in [-0.05, 0) is 56.6 Å². The maximum atomic E-state index is 12.5. The summed E-state index contributed by atoms with van der Waals surface area (Å²) in [5.74, 6) is -0.0563. The number of anilines is 2. The van der Waals surface area contributed by atoms with Gasteiger partial charge in [-0.1, -0.05) is 50.2 Å². The molecule has 6 heteroatoms. The molecule has 29 heavy (non-hydrogen) atoms. The number of hydrogen-bond acceptors (Lipinski definition) is 3. The second kappa shape index (κ2) is 10.6. The summed E-state index contributed by atoms with van der Waals surface area (Å²) in [5, 5.41) is 8.85. The molecule has 0 unspecified atom stereocenters. The van der Waals surface area contributed by atoms with Crippen molar-refractivity contribution in [2.45, 2.75) is 40.7 Å². The Morgan fingerprint density at radius 2 is 1.62 bits per heavy atom. The van der Waals surface area contributed by atoms with Crippen LogP contribution < -0.4 is 16.0 Å². The van der Waals surface area contributed by atoms with Gasteiger partial charge in [0, 0.05) is 11.4 Å². The van der Waals surface area contributed by atoms with Crippen molar-refractivity contribution in [2.24, 2.45) is 0 Å². The Morgan fingerprint density at radius 1 is 0.966 bits per heavy atom. The Labute approximate surface area is 173 Å². The van der Waals surface area contributed by atoms with E-state index in [0.29, 0.717) is 12.2 Å². The Hall–Kier alpha value is -2.86. The van der Waals surface area contributed by atoms with Gasteiger partial charge in [-0.25, -0.2) is 4.79 Å². The number of nitrogens with zero attached hydrogens (tertiary/aromatic N) is 1. The first-order chi connectivity index (χ1) is 13.8. The summed E-state index contributed by atoms with van der Waals surface area (Å²) in [6.07, 6.45) is 0. The van der Waals surface area contributed by atoms with Crippen LogP contribution in [-0.2, 0) is 4.79 Å². The van der Waals surface area contributed by atoms with E-state index in [1.165, 1.54) is 0 Å². The molecule has 6 nitrogen and oxygen atoms in total. The molecule has 3 N–H and O–H groups in total. The average molecular weight is 397 g/mol. The van der Waals surface area contributed by atoms with Gasteiger partial charge in [0.05, 0.1) is 12.6 Å². The van der Waals surface area contributed by atoms with Gasteiger partial charge >= 0.3 is 6.03 Å². The van der Waals surface area contributed by atoms with Crippen LogP contribution in [0.1, 0.15) is 43.5 Å². The molecule has 0 radical (unpaired) electrons. The second-order valence-corrected chi connectivity index (χ2v) is 7.17. The van der Waals surface area contributed by atoms with Crippen LogP contribution in [0.25, 0.3) is 0 Å². The number of carbonyl (C=O) groups excluding carboxylic acids is 2. The zero-order valence-electron chi connectivity index (χ0n) is 18.0. The maximum absolute atomic E-state index is 12.5. The number of benzene rings is 2. The number of urea groups is 1. The minimum atomic E-state index is -0.284. The summed E-state index contributed by atoms with van der Waals surface area (Å²) in [5.41, 5.74) is 4.25. The van der Waals surface area contributed by atoms with E-state index in [9.17, 15) is 9.59 Å². The summed E-state index contributed by atoms with van der Waals surface area (Å²) in [6.45, 7) is 11.8. The molecular weight excluding hydrogens is 364 g/mol. The molecular formula is C23H32N4O2. The maximum Gasteiger partial charge on any atom is 0.319 e. The van der Waals surface area contributed by atoms with Crippen LogP contribution in [0, 0.1) is 13.8 Å². The van der Waals surface area contributed by atoms with Crippen LogP contribution >= 0.6 is 0 Å². The SMILES string of the molecule is CCN(CC)CC(=O)Nc1c(C)ccc(NC(=O)N[C@@H](C)c2ccccc2)c1C. The zero-order valence-corrected chi connectivity index (χ0v) is 18.0. The van der Waals surface area contributed by atoms with Crippen molar-refractivity contribution in [3.8, 4) is 0 Å². The number of aryl methyl sites for hydroxylation is 1. The van der Waals surface area contributed by atoms with Gasteiger partial charge in [0.2, 0.25) is 5.91 Å². The van der Waals surface area contributed by atoms with E-state index in [2.05, 4.69) is 20.9 Å². The summed E-state index contributed by atoms with van der Waals surface area (Å²) in [6, 6.07) is 13.2. The first-order valence-corrected chi connectivity index (χ1v) is 10.1. The van der Waals surface area contributed by atoms with Crippen LogP contribution in [-0.4, -0.2) is 36.5 Å². The first kappa shape index (κ1) is 22.4. The van der Waals surface area contributed by atoms with Gasteiger partial charge in [0.25, 0.3) is 0 Å². The average Bonchev–Trinajstić information content (AvgIpc) is 2.72. The Balaban J connectivity index is 2.07. The molecule has 156 valence electrons. The number of carbonyl (C=O) groups is 2. The van der Waals surface area contributed by atoms with Gasteiger partial charge in [-0.15, -0.1) is 0 Å². The van der Waals surface area contributed by atoms with Crippen LogP contribution in [0.5, 0.6) is 0 Å². The highest BCUT2D eigenvalue weighted by molar-refractivity contribution is 5.97. The third kappa shape index (κ3) is 6.32. The Kier molecular flexibility index (Phi) is 8.21. The molecule has 0 fully saturated rings. The fourth-order valence-electron chi connectivity index (χ4n) is 3.18. The zero-order chi connectivity index (χ0) is 21.4. The number of hydrogen-bond donors (Lipinski definition) is 3. The van der Waals surface area contributed by atoms with E-state index in [1.807, 2.05) is 77.1 Å². The minimum Gasteiger partial charge on any atom is -0.331 e. The summed E-state index contributed by atoms with van der Waals surface area (Å²) in [4.78, 5) is 27.0. The fraction of sp³-hybridized carbons (Fsp3) is 0.391. The van der Waals surface area contributed by atoms with Gasteiger partial charge in [0.1, 0.15) is 0 Å². The molecule has 0 aliphatic heterocycles. The first-order valence-electron chi connectivity index (χ1n) is 10.1. The lowest BCUT2D eigenvalue weighted by Gasteiger charge is -2.20. The summed E-state index contributed by atoms with van der Waals surface area (Å²) >= 11 is 0. The van der Waals surface area contributed by atoms with E-state index in [-0.39, 0.29) is 18.0 Å². The molecule has 0 aliphatic carbocycles. The van der Waals surface area contributed by atoms with Gasteiger partial charge in [-0.2, -0.15) is 0 Å². The van der Waals surface area contributed by atoms with Crippen molar-refractivity contribution in [3.63, 3.8) is 0 Å². The molecule has 0 aromatic heterocycles. The minimum absolute atomic E-state index is 0.0563. The molecule has 0 spiro atoms. The van der Waals surface area contributed by atoms with E-state index < -0.39 is 0 Å². The monoisotopic (exact) mass is 396 g/mol. The molecule has 0 aliphatic rings. The van der Waals surface area contributed by atoms with Crippen LogP contribution in [0.15, 0.2) is 42.5 Å². The number of likely N-dealkylation sites (N-methyl/N-ethyl adjacent to an activating group) is 1. The fourth-order valence-corrected chi connectivity index (χ4v) is 3.18. The Bertz CT molecular complexity index is 832. The van der Waals surface area contributed by atoms with E-state index in [4.69, 9.17) is 0 Å². The quantitative estimate of drug-likeness (QED) is 0.616. The smallest absolute Gasteiger partial charge is 0.319 e. The second-order valence-electron chi connectivity index (χ2n) is 7.17. The lowest BCUT2D eigenvalue weighted by Crippen LogP contribution is -2.33. The van der Waals surface area contributed by atoms with Crippen molar-refractivity contribution in [3.05, 3.63) is 59.2 Å². The van der Waals surface area contributed by atoms with E-state index >= 15 is 0 Å². The summed E-state index contributed by atoms with van der Waals surface area (Å²) < 4.78 is 0. The van der Waals surface area contributed by atoms with E-state index in [0.717, 1.165) is 35.5 Å². The predicted octanol–water partition coefficient (Wildman–Crippen LogP) is 4.47. The van der Waals surface area contributed by atoms with Gasteiger partial charge in [-0.3, -0.25) is 9.69 Å². The molecule has 0 heterocycles. The van der Waals surface area contributed by atoms with Crippen molar-refractivity contribution < 1.29 is 9.59 Å². The molecule has 0 saturated carbocycles. The molecule has 2 rings (SSSR count). The normalized spacial score (nSPS) is 11.8. The third-order valence-electron chi connectivity index (χ3n) is 5.09. The highest BCUT2D eigenvalue weighted by Crippen LogP contribution is 2.27. The van der Waals surface area contributed by atoms with Crippen LogP contribution in [0.3, 0.4) is 0 Å². The van der Waals surface area contributed by atoms with Gasteiger partial charge in [0.15, 0.2) is 0 Å². The number of amides is 3. The highest BCUT2D eigenvalue weighted by atomic mass is 16.2. The molecule has 3 amide bonds. The van der Waals surface area contributed by atoms with Crippen molar-refractivity contribution in [1.82, 2.24) is 10.2 Å². The number of rotatable bonds is 8. The lowest BCUT2D eigenvalue weighted by molar-refractivity contribution is -0.117. The summed E-state index contributed by atoms with van der Waals surface area (Å²) in [7, 11) is 0. The largest absolute Gasteiger partial charge is 0.331 e. The molecule has 2 aromatic rings. The van der Waals surface area contributed by atoms with Crippen molar-refractivity contribution in [1.29, 1.82) is 0 Å². The Morgan fingerprint density at radius 3 is 2.24 bits per heavy atom. The molecule has 1 atom stereocenters. The highest BCUT2D eigenvalue weighted by Gasteiger charge is 2.15. The predicted molar refractivity (Wildman–Crippen MR) is 119 cm³/mol.